The van der Waals surface area contributed by atoms with Gasteiger partial charge >= 0.3 is 6.03 Å². The number of benzene rings is 1. The van der Waals surface area contributed by atoms with Gasteiger partial charge in [-0.05, 0) is 37.6 Å². The van der Waals surface area contributed by atoms with Gasteiger partial charge in [0.05, 0.1) is 12.1 Å². The van der Waals surface area contributed by atoms with E-state index in [0.717, 1.165) is 16.5 Å². The predicted molar refractivity (Wildman–Crippen MR) is 91.6 cm³/mol. The smallest absolute Gasteiger partial charge is 0.325 e. The lowest BCUT2D eigenvalue weighted by Gasteiger charge is -2.19. The average Bonchev–Trinajstić information content (AvgIpc) is 3.13. The van der Waals surface area contributed by atoms with Crippen LogP contribution in [0, 0.1) is 6.92 Å². The van der Waals surface area contributed by atoms with Crippen LogP contribution in [0.5, 0.6) is 0 Å². The summed E-state index contributed by atoms with van der Waals surface area (Å²) in [7, 11) is 0. The Balaban J connectivity index is 1.69. The van der Waals surface area contributed by atoms with E-state index in [1.807, 2.05) is 30.3 Å². The van der Waals surface area contributed by atoms with Crippen LogP contribution in [0.2, 0.25) is 0 Å². The van der Waals surface area contributed by atoms with Gasteiger partial charge in [0.15, 0.2) is 5.54 Å². The topological polar surface area (TPSA) is 75.4 Å². The highest BCUT2D eigenvalue weighted by Crippen LogP contribution is 2.31. The second kappa shape index (κ2) is 5.44. The van der Waals surface area contributed by atoms with Crippen molar-refractivity contribution < 1.29 is 14.0 Å². The summed E-state index contributed by atoms with van der Waals surface area (Å²) in [4.78, 5) is 31.0. The number of carbonyl (C=O) groups is 2. The molecule has 4 rings (SSSR count). The third kappa shape index (κ3) is 2.38. The molecule has 0 aliphatic carbocycles. The van der Waals surface area contributed by atoms with Crippen LogP contribution < -0.4 is 5.32 Å². The largest absolute Gasteiger partial charge is 0.463 e. The molecule has 1 aliphatic rings. The van der Waals surface area contributed by atoms with Crippen LogP contribution in [-0.2, 0) is 16.9 Å². The van der Waals surface area contributed by atoms with E-state index in [1.54, 1.807) is 32.2 Å². The third-order valence-corrected chi connectivity index (χ3v) is 4.55. The lowest BCUT2D eigenvalue weighted by molar-refractivity contribution is -0.132. The molecule has 1 aromatic carbocycles. The molecule has 25 heavy (non-hydrogen) atoms. The Labute approximate surface area is 144 Å². The van der Waals surface area contributed by atoms with E-state index in [2.05, 4.69) is 10.3 Å². The first-order chi connectivity index (χ1) is 12.0. The van der Waals surface area contributed by atoms with E-state index in [1.165, 1.54) is 4.90 Å². The van der Waals surface area contributed by atoms with Crippen molar-refractivity contribution in [3.63, 3.8) is 0 Å². The minimum Gasteiger partial charge on any atom is -0.463 e. The maximum absolute atomic E-state index is 13.0. The molecule has 0 spiro atoms. The molecule has 1 N–H and O–H groups in total. The first-order valence-corrected chi connectivity index (χ1v) is 8.03. The molecule has 6 heteroatoms. The monoisotopic (exact) mass is 335 g/mol. The standard InChI is InChI=1S/C19H17N3O3/c1-12-8-9-15(25-12)19(2)17(23)22(18(24)21-19)11-14-6-3-5-13-7-4-10-20-16(13)14/h3-10H,11H2,1-2H3,(H,21,24). The van der Waals surface area contributed by atoms with Crippen molar-refractivity contribution in [1.29, 1.82) is 0 Å². The number of furan rings is 1. The summed E-state index contributed by atoms with van der Waals surface area (Å²) in [6.07, 6.45) is 1.70. The lowest BCUT2D eigenvalue weighted by atomic mass is 9.99. The molecule has 1 fully saturated rings. The van der Waals surface area contributed by atoms with Gasteiger partial charge in [-0.2, -0.15) is 0 Å². The zero-order chi connectivity index (χ0) is 17.6. The summed E-state index contributed by atoms with van der Waals surface area (Å²) in [6, 6.07) is 12.6. The molecule has 3 heterocycles. The fourth-order valence-corrected chi connectivity index (χ4v) is 3.18. The van der Waals surface area contributed by atoms with Gasteiger partial charge in [0.25, 0.3) is 5.91 Å². The van der Waals surface area contributed by atoms with Crippen molar-refractivity contribution in [2.75, 3.05) is 0 Å². The molecule has 0 bridgehead atoms. The van der Waals surface area contributed by atoms with Gasteiger partial charge in [-0.1, -0.05) is 24.3 Å². The number of imide groups is 1. The number of amides is 3. The van der Waals surface area contributed by atoms with Gasteiger partial charge in [-0.3, -0.25) is 14.7 Å². The maximum Gasteiger partial charge on any atom is 0.325 e. The molecule has 0 radical (unpaired) electrons. The SMILES string of the molecule is Cc1ccc(C2(C)NC(=O)N(Cc3cccc4cccnc34)C2=O)o1. The second-order valence-corrected chi connectivity index (χ2v) is 6.35. The molecular weight excluding hydrogens is 318 g/mol. The average molecular weight is 335 g/mol. The molecular formula is C19H17N3O3. The van der Waals surface area contributed by atoms with Crippen LogP contribution in [0.3, 0.4) is 0 Å². The number of nitrogens with zero attached hydrogens (tertiary/aromatic N) is 2. The second-order valence-electron chi connectivity index (χ2n) is 6.35. The Morgan fingerprint density at radius 3 is 2.72 bits per heavy atom. The number of pyridine rings is 1. The number of fused-ring (bicyclic) bond motifs is 1. The molecule has 3 amide bonds. The fraction of sp³-hybridized carbons (Fsp3) is 0.211. The molecule has 126 valence electrons. The van der Waals surface area contributed by atoms with E-state index in [-0.39, 0.29) is 12.5 Å². The maximum atomic E-state index is 13.0. The van der Waals surface area contributed by atoms with Gasteiger partial charge in [-0.25, -0.2) is 4.79 Å². The Kier molecular flexibility index (Phi) is 3.35. The van der Waals surface area contributed by atoms with Crippen LogP contribution >= 0.6 is 0 Å². The summed E-state index contributed by atoms with van der Waals surface area (Å²) in [6.45, 7) is 3.62. The van der Waals surface area contributed by atoms with Crippen molar-refractivity contribution in [1.82, 2.24) is 15.2 Å². The van der Waals surface area contributed by atoms with Crippen molar-refractivity contribution >= 4 is 22.8 Å². The van der Waals surface area contributed by atoms with Crippen molar-refractivity contribution in [2.24, 2.45) is 0 Å². The highest BCUT2D eigenvalue weighted by molar-refractivity contribution is 6.07. The number of carbonyl (C=O) groups excluding carboxylic acids is 2. The number of aryl methyl sites for hydroxylation is 1. The molecule has 0 saturated carbocycles. The van der Waals surface area contributed by atoms with Crippen LogP contribution in [0.25, 0.3) is 10.9 Å². The first-order valence-electron chi connectivity index (χ1n) is 8.03. The van der Waals surface area contributed by atoms with E-state index in [9.17, 15) is 9.59 Å². The first kappa shape index (κ1) is 15.4. The highest BCUT2D eigenvalue weighted by atomic mass is 16.3. The molecule has 1 aliphatic heterocycles. The van der Waals surface area contributed by atoms with Crippen molar-refractivity contribution in [3.05, 3.63) is 65.7 Å². The lowest BCUT2D eigenvalue weighted by Crippen LogP contribution is -2.40. The van der Waals surface area contributed by atoms with Crippen LogP contribution in [0.4, 0.5) is 4.79 Å². The Morgan fingerprint density at radius 2 is 1.96 bits per heavy atom. The van der Waals surface area contributed by atoms with Gasteiger partial charge in [0, 0.05) is 11.6 Å². The summed E-state index contributed by atoms with van der Waals surface area (Å²) >= 11 is 0. The third-order valence-electron chi connectivity index (χ3n) is 4.55. The zero-order valence-corrected chi connectivity index (χ0v) is 13.9. The van der Waals surface area contributed by atoms with Gasteiger partial charge in [0.2, 0.25) is 0 Å². The Bertz CT molecular complexity index is 989. The van der Waals surface area contributed by atoms with Crippen LogP contribution in [-0.4, -0.2) is 21.8 Å². The number of hydrogen-bond acceptors (Lipinski definition) is 4. The molecule has 6 nitrogen and oxygen atoms in total. The number of para-hydroxylation sites is 1. The summed E-state index contributed by atoms with van der Waals surface area (Å²) in [5.41, 5.74) is 0.415. The minimum absolute atomic E-state index is 0.161. The van der Waals surface area contributed by atoms with Crippen molar-refractivity contribution in [3.8, 4) is 0 Å². The van der Waals surface area contributed by atoms with E-state index >= 15 is 0 Å². The predicted octanol–water partition coefficient (Wildman–Crippen LogP) is 3.10. The molecule has 1 unspecified atom stereocenters. The molecule has 1 atom stereocenters. The van der Waals surface area contributed by atoms with E-state index in [0.29, 0.717) is 11.5 Å². The van der Waals surface area contributed by atoms with Gasteiger partial charge < -0.3 is 9.73 Å². The number of aromatic nitrogens is 1. The molecule has 2 aromatic heterocycles. The number of nitrogens with one attached hydrogen (secondary N) is 1. The van der Waals surface area contributed by atoms with Crippen LogP contribution in [0.15, 0.2) is 53.1 Å². The van der Waals surface area contributed by atoms with Gasteiger partial charge in [-0.15, -0.1) is 0 Å². The molecule has 1 saturated heterocycles. The normalized spacial score (nSPS) is 20.3. The number of rotatable bonds is 3. The number of hydrogen-bond donors (Lipinski definition) is 1. The number of urea groups is 1. The fourth-order valence-electron chi connectivity index (χ4n) is 3.18. The van der Waals surface area contributed by atoms with Gasteiger partial charge in [0.1, 0.15) is 11.5 Å². The Hall–Kier alpha value is -3.15. The summed E-state index contributed by atoms with van der Waals surface area (Å²) < 4.78 is 5.58. The molecule has 3 aromatic rings. The summed E-state index contributed by atoms with van der Waals surface area (Å²) in [5.74, 6) is 0.789. The van der Waals surface area contributed by atoms with E-state index < -0.39 is 11.6 Å². The zero-order valence-electron chi connectivity index (χ0n) is 13.9. The Morgan fingerprint density at radius 1 is 1.16 bits per heavy atom. The quantitative estimate of drug-likeness (QED) is 0.746. The summed E-state index contributed by atoms with van der Waals surface area (Å²) in [5, 5.41) is 3.72. The highest BCUT2D eigenvalue weighted by Gasteiger charge is 2.51. The van der Waals surface area contributed by atoms with E-state index in [4.69, 9.17) is 4.42 Å². The van der Waals surface area contributed by atoms with Crippen LogP contribution in [0.1, 0.15) is 24.0 Å². The van der Waals surface area contributed by atoms with Crippen molar-refractivity contribution in [2.45, 2.75) is 25.9 Å². The minimum atomic E-state index is -1.19.